The maximum Gasteiger partial charge on any atom is 0.253 e. The van der Waals surface area contributed by atoms with Gasteiger partial charge in [-0.15, -0.1) is 0 Å². The molecule has 3 N–H and O–H groups in total. The molecule has 0 saturated heterocycles. The van der Waals surface area contributed by atoms with E-state index in [0.29, 0.717) is 5.69 Å². The highest BCUT2D eigenvalue weighted by Crippen LogP contribution is 2.19. The van der Waals surface area contributed by atoms with E-state index in [4.69, 9.17) is 17.3 Å². The van der Waals surface area contributed by atoms with Crippen LogP contribution in [0.3, 0.4) is 0 Å². The fourth-order valence-corrected chi connectivity index (χ4v) is 2.07. The Kier molecular flexibility index (Phi) is 4.25. The molecule has 3 nitrogen and oxygen atoms in total. The standard InChI is InChI=1S/C15H14ClFN2O/c1-9(10-2-5-12(18)6-3-10)19-15(20)13-7-4-11(17)8-14(13)16/h2-9H,18H2,1H3,(H,19,20). The van der Waals surface area contributed by atoms with Crippen molar-refractivity contribution in [2.45, 2.75) is 13.0 Å². The minimum Gasteiger partial charge on any atom is -0.399 e. The van der Waals surface area contributed by atoms with Crippen molar-refractivity contribution in [3.05, 3.63) is 64.4 Å². The lowest BCUT2D eigenvalue weighted by atomic mass is 10.1. The molecule has 20 heavy (non-hydrogen) atoms. The molecule has 0 aliphatic carbocycles. The highest BCUT2D eigenvalue weighted by atomic mass is 35.5. The number of benzene rings is 2. The van der Waals surface area contributed by atoms with Gasteiger partial charge in [-0.25, -0.2) is 4.39 Å². The van der Waals surface area contributed by atoms with Crippen molar-refractivity contribution >= 4 is 23.2 Å². The minimum absolute atomic E-state index is 0.0898. The number of carbonyl (C=O) groups is 1. The van der Waals surface area contributed by atoms with Crippen LogP contribution < -0.4 is 11.1 Å². The first-order chi connectivity index (χ1) is 9.47. The molecule has 5 heteroatoms. The highest BCUT2D eigenvalue weighted by Gasteiger charge is 2.14. The molecule has 0 aliphatic rings. The van der Waals surface area contributed by atoms with E-state index in [0.717, 1.165) is 11.6 Å². The SMILES string of the molecule is CC(NC(=O)c1ccc(F)cc1Cl)c1ccc(N)cc1. The number of nitrogen functional groups attached to an aromatic ring is 1. The molecule has 2 aromatic rings. The first kappa shape index (κ1) is 14.3. The van der Waals surface area contributed by atoms with Gasteiger partial charge in [0.15, 0.2) is 0 Å². The van der Waals surface area contributed by atoms with Crippen molar-refractivity contribution < 1.29 is 9.18 Å². The number of anilines is 1. The second-order valence-corrected chi connectivity index (χ2v) is 4.89. The molecule has 0 bridgehead atoms. The number of hydrogen-bond donors (Lipinski definition) is 2. The molecular formula is C15H14ClFN2O. The van der Waals surface area contributed by atoms with Crippen molar-refractivity contribution in [1.29, 1.82) is 0 Å². The van der Waals surface area contributed by atoms with Crippen LogP contribution in [0.15, 0.2) is 42.5 Å². The Balaban J connectivity index is 2.13. The molecule has 0 saturated carbocycles. The molecule has 1 amide bonds. The molecule has 0 fully saturated rings. The van der Waals surface area contributed by atoms with Crippen LogP contribution in [-0.4, -0.2) is 5.91 Å². The average molecular weight is 293 g/mol. The van der Waals surface area contributed by atoms with Crippen LogP contribution in [-0.2, 0) is 0 Å². The number of carbonyl (C=O) groups excluding carboxylic acids is 1. The third kappa shape index (κ3) is 3.27. The monoisotopic (exact) mass is 292 g/mol. The first-order valence-electron chi connectivity index (χ1n) is 6.08. The molecule has 1 unspecified atom stereocenters. The predicted molar refractivity (Wildman–Crippen MR) is 78.1 cm³/mol. The maximum absolute atomic E-state index is 12.9. The molecule has 0 spiro atoms. The Bertz CT molecular complexity index is 628. The second-order valence-electron chi connectivity index (χ2n) is 4.49. The summed E-state index contributed by atoms with van der Waals surface area (Å²) >= 11 is 5.86. The van der Waals surface area contributed by atoms with Gasteiger partial charge in [0.05, 0.1) is 16.6 Å². The van der Waals surface area contributed by atoms with Gasteiger partial charge in [-0.1, -0.05) is 23.7 Å². The molecule has 104 valence electrons. The van der Waals surface area contributed by atoms with Gasteiger partial charge in [0.25, 0.3) is 5.91 Å². The van der Waals surface area contributed by atoms with Gasteiger partial charge < -0.3 is 11.1 Å². The molecule has 0 aromatic heterocycles. The summed E-state index contributed by atoms with van der Waals surface area (Å²) < 4.78 is 12.9. The van der Waals surface area contributed by atoms with Crippen LogP contribution in [0, 0.1) is 5.82 Å². The van der Waals surface area contributed by atoms with E-state index >= 15 is 0 Å². The van der Waals surface area contributed by atoms with Crippen molar-refractivity contribution in [2.75, 3.05) is 5.73 Å². The summed E-state index contributed by atoms with van der Waals surface area (Å²) in [5, 5.41) is 2.90. The maximum atomic E-state index is 12.9. The number of halogens is 2. The van der Waals surface area contributed by atoms with Crippen molar-refractivity contribution in [3.63, 3.8) is 0 Å². The van der Waals surface area contributed by atoms with Crippen LogP contribution in [0.5, 0.6) is 0 Å². The number of hydrogen-bond acceptors (Lipinski definition) is 2. The van der Waals surface area contributed by atoms with Gasteiger partial charge in [0, 0.05) is 5.69 Å². The molecular weight excluding hydrogens is 279 g/mol. The van der Waals surface area contributed by atoms with E-state index in [-0.39, 0.29) is 22.5 Å². The zero-order chi connectivity index (χ0) is 14.7. The van der Waals surface area contributed by atoms with Gasteiger partial charge in [-0.05, 0) is 42.8 Å². The predicted octanol–water partition coefficient (Wildman–Crippen LogP) is 3.55. The molecule has 0 aliphatic heterocycles. The Morgan fingerprint density at radius 3 is 2.50 bits per heavy atom. The van der Waals surface area contributed by atoms with E-state index in [9.17, 15) is 9.18 Å². The minimum atomic E-state index is -0.474. The van der Waals surface area contributed by atoms with Gasteiger partial charge in [-0.3, -0.25) is 4.79 Å². The molecule has 2 aromatic carbocycles. The number of rotatable bonds is 3. The summed E-state index contributed by atoms with van der Waals surface area (Å²) in [6, 6.07) is 10.7. The molecule has 0 radical (unpaired) electrons. The summed E-state index contributed by atoms with van der Waals surface area (Å²) in [4.78, 5) is 12.1. The van der Waals surface area contributed by atoms with Gasteiger partial charge in [0.1, 0.15) is 5.82 Å². The normalized spacial score (nSPS) is 11.9. The Morgan fingerprint density at radius 2 is 1.90 bits per heavy atom. The van der Waals surface area contributed by atoms with Crippen molar-refractivity contribution in [1.82, 2.24) is 5.32 Å². The van der Waals surface area contributed by atoms with Crippen LogP contribution in [0.2, 0.25) is 5.02 Å². The fourth-order valence-electron chi connectivity index (χ4n) is 1.82. The van der Waals surface area contributed by atoms with E-state index in [1.165, 1.54) is 12.1 Å². The van der Waals surface area contributed by atoms with E-state index in [1.54, 1.807) is 12.1 Å². The van der Waals surface area contributed by atoms with Crippen LogP contribution in [0.1, 0.15) is 28.9 Å². The van der Waals surface area contributed by atoms with Crippen molar-refractivity contribution in [2.24, 2.45) is 0 Å². The van der Waals surface area contributed by atoms with Crippen molar-refractivity contribution in [3.8, 4) is 0 Å². The topological polar surface area (TPSA) is 55.1 Å². The number of nitrogens with one attached hydrogen (secondary N) is 1. The lowest BCUT2D eigenvalue weighted by molar-refractivity contribution is 0.0940. The Morgan fingerprint density at radius 1 is 1.25 bits per heavy atom. The third-order valence-corrected chi connectivity index (χ3v) is 3.27. The van der Waals surface area contributed by atoms with Crippen LogP contribution in [0.25, 0.3) is 0 Å². The second kappa shape index (κ2) is 5.92. The zero-order valence-electron chi connectivity index (χ0n) is 10.9. The molecule has 2 rings (SSSR count). The smallest absolute Gasteiger partial charge is 0.253 e. The lowest BCUT2D eigenvalue weighted by Crippen LogP contribution is -2.26. The largest absolute Gasteiger partial charge is 0.399 e. The summed E-state index contributed by atoms with van der Waals surface area (Å²) in [7, 11) is 0. The molecule has 0 heterocycles. The highest BCUT2D eigenvalue weighted by molar-refractivity contribution is 6.33. The first-order valence-corrected chi connectivity index (χ1v) is 6.46. The van der Waals surface area contributed by atoms with Gasteiger partial charge >= 0.3 is 0 Å². The van der Waals surface area contributed by atoms with Gasteiger partial charge in [0.2, 0.25) is 0 Å². The average Bonchev–Trinajstić information content (AvgIpc) is 2.39. The Labute approximate surface area is 121 Å². The summed E-state index contributed by atoms with van der Waals surface area (Å²) in [6.45, 7) is 1.85. The summed E-state index contributed by atoms with van der Waals surface area (Å²) in [5.41, 5.74) is 7.44. The Hall–Kier alpha value is -2.07. The fraction of sp³-hybridized carbons (Fsp3) is 0.133. The van der Waals surface area contributed by atoms with E-state index in [1.807, 2.05) is 19.1 Å². The number of amides is 1. The molecule has 1 atom stereocenters. The van der Waals surface area contributed by atoms with E-state index in [2.05, 4.69) is 5.32 Å². The third-order valence-electron chi connectivity index (χ3n) is 2.96. The summed E-state index contributed by atoms with van der Waals surface area (Å²) in [6.07, 6.45) is 0. The van der Waals surface area contributed by atoms with E-state index < -0.39 is 5.82 Å². The lowest BCUT2D eigenvalue weighted by Gasteiger charge is -2.15. The zero-order valence-corrected chi connectivity index (χ0v) is 11.6. The quantitative estimate of drug-likeness (QED) is 0.850. The van der Waals surface area contributed by atoms with Crippen LogP contribution >= 0.6 is 11.6 Å². The van der Waals surface area contributed by atoms with Crippen LogP contribution in [0.4, 0.5) is 10.1 Å². The van der Waals surface area contributed by atoms with Gasteiger partial charge in [-0.2, -0.15) is 0 Å². The summed E-state index contributed by atoms with van der Waals surface area (Å²) in [5.74, 6) is -0.822. The number of nitrogens with two attached hydrogens (primary N) is 1.